The van der Waals surface area contributed by atoms with Crippen molar-refractivity contribution in [2.45, 2.75) is 76.8 Å². The van der Waals surface area contributed by atoms with Gasteiger partial charge in [-0.05, 0) is 45.4 Å². The van der Waals surface area contributed by atoms with Crippen molar-refractivity contribution in [3.8, 4) is 0 Å². The minimum absolute atomic E-state index is 0.0132. The van der Waals surface area contributed by atoms with E-state index in [1.807, 2.05) is 11.8 Å². The number of nitrogens with one attached hydrogen (secondary N) is 1. The van der Waals surface area contributed by atoms with Gasteiger partial charge in [0, 0.05) is 31.0 Å². The van der Waals surface area contributed by atoms with Crippen LogP contribution in [0, 0.1) is 11.8 Å². The summed E-state index contributed by atoms with van der Waals surface area (Å²) in [6.45, 7) is 3.41. The number of carbonyl (C=O) groups is 2. The van der Waals surface area contributed by atoms with Gasteiger partial charge in [-0.2, -0.15) is 0 Å². The number of hydrogen-bond donors (Lipinski definition) is 1. The summed E-state index contributed by atoms with van der Waals surface area (Å²) >= 11 is 0. The third-order valence-electron chi connectivity index (χ3n) is 6.70. The number of amides is 2. The number of hydrogen-bond acceptors (Lipinski definition) is 4. The first-order valence-electron chi connectivity index (χ1n) is 10.6. The van der Waals surface area contributed by atoms with E-state index in [1.54, 1.807) is 6.33 Å². The van der Waals surface area contributed by atoms with E-state index in [0.717, 1.165) is 31.5 Å². The maximum atomic E-state index is 12.7. The molecule has 0 bridgehead atoms. The first-order chi connectivity index (χ1) is 13.1. The summed E-state index contributed by atoms with van der Waals surface area (Å²) < 4.78 is 2.15. The van der Waals surface area contributed by atoms with Crippen LogP contribution in [-0.2, 0) is 9.59 Å². The van der Waals surface area contributed by atoms with Crippen molar-refractivity contribution in [2.24, 2.45) is 11.8 Å². The van der Waals surface area contributed by atoms with E-state index in [-0.39, 0.29) is 23.8 Å². The van der Waals surface area contributed by atoms with Crippen molar-refractivity contribution in [1.82, 2.24) is 25.0 Å². The predicted molar refractivity (Wildman–Crippen MR) is 101 cm³/mol. The molecule has 1 saturated heterocycles. The van der Waals surface area contributed by atoms with Gasteiger partial charge in [0.25, 0.3) is 0 Å². The molecule has 148 valence electrons. The second-order valence-corrected chi connectivity index (χ2v) is 8.49. The molecule has 0 spiro atoms. The average Bonchev–Trinajstić information content (AvgIpc) is 3.31. The Labute approximate surface area is 160 Å². The molecule has 1 aliphatic heterocycles. The Bertz CT molecular complexity index is 670. The summed E-state index contributed by atoms with van der Waals surface area (Å²) in [5, 5.41) is 11.5. The second-order valence-electron chi connectivity index (χ2n) is 8.49. The topological polar surface area (TPSA) is 80.1 Å². The highest BCUT2D eigenvalue weighted by Crippen LogP contribution is 2.32. The molecule has 4 rings (SSSR count). The number of aromatic nitrogens is 3. The van der Waals surface area contributed by atoms with Gasteiger partial charge < -0.3 is 14.8 Å². The molecule has 3 fully saturated rings. The van der Waals surface area contributed by atoms with Crippen LogP contribution >= 0.6 is 0 Å². The first kappa shape index (κ1) is 18.4. The Morgan fingerprint density at radius 1 is 1.04 bits per heavy atom. The van der Waals surface area contributed by atoms with Crippen molar-refractivity contribution in [2.75, 3.05) is 13.1 Å². The molecule has 2 amide bonds. The summed E-state index contributed by atoms with van der Waals surface area (Å²) in [5.74, 6) is 1.48. The zero-order valence-corrected chi connectivity index (χ0v) is 16.3. The van der Waals surface area contributed by atoms with Crippen LogP contribution in [0.1, 0.15) is 82.6 Å². The van der Waals surface area contributed by atoms with Gasteiger partial charge in [-0.1, -0.05) is 19.3 Å². The molecule has 2 heterocycles. The summed E-state index contributed by atoms with van der Waals surface area (Å²) in [7, 11) is 0. The SMILES string of the molecule is C[C@@H](NC(=O)C1CCN(C(=O)C2CCC2)CC1)c1nncn1C1CCCC1. The van der Waals surface area contributed by atoms with Crippen molar-refractivity contribution in [3.63, 3.8) is 0 Å². The highest BCUT2D eigenvalue weighted by molar-refractivity contribution is 5.81. The molecule has 1 N–H and O–H groups in total. The second kappa shape index (κ2) is 7.98. The Hall–Kier alpha value is -1.92. The lowest BCUT2D eigenvalue weighted by molar-refractivity contribution is -0.141. The summed E-state index contributed by atoms with van der Waals surface area (Å²) in [5.41, 5.74) is 0. The summed E-state index contributed by atoms with van der Waals surface area (Å²) in [4.78, 5) is 27.1. The molecule has 2 saturated carbocycles. The highest BCUT2D eigenvalue weighted by Gasteiger charge is 2.34. The summed E-state index contributed by atoms with van der Waals surface area (Å²) in [6.07, 6.45) is 11.4. The number of likely N-dealkylation sites (tertiary alicyclic amines) is 1. The average molecular weight is 374 g/mol. The van der Waals surface area contributed by atoms with Crippen LogP contribution in [0.25, 0.3) is 0 Å². The van der Waals surface area contributed by atoms with Gasteiger partial charge in [-0.25, -0.2) is 0 Å². The molecule has 3 aliphatic rings. The molecule has 2 aliphatic carbocycles. The van der Waals surface area contributed by atoms with E-state index in [0.29, 0.717) is 25.0 Å². The molecule has 0 aromatic carbocycles. The van der Waals surface area contributed by atoms with Crippen LogP contribution in [0.2, 0.25) is 0 Å². The van der Waals surface area contributed by atoms with Crippen LogP contribution in [0.4, 0.5) is 0 Å². The van der Waals surface area contributed by atoms with E-state index < -0.39 is 0 Å². The monoisotopic (exact) mass is 373 g/mol. The number of carbonyl (C=O) groups excluding carboxylic acids is 2. The number of nitrogens with zero attached hydrogens (tertiary/aromatic N) is 4. The van der Waals surface area contributed by atoms with E-state index in [2.05, 4.69) is 20.1 Å². The lowest BCUT2D eigenvalue weighted by Gasteiger charge is -2.36. The Morgan fingerprint density at radius 2 is 1.74 bits per heavy atom. The molecule has 0 radical (unpaired) electrons. The molecule has 1 aromatic rings. The lowest BCUT2D eigenvalue weighted by Crippen LogP contribution is -2.46. The van der Waals surface area contributed by atoms with Gasteiger partial charge in [0.15, 0.2) is 5.82 Å². The molecule has 0 unspecified atom stereocenters. The van der Waals surface area contributed by atoms with Crippen LogP contribution in [0.15, 0.2) is 6.33 Å². The molecule has 7 nitrogen and oxygen atoms in total. The van der Waals surface area contributed by atoms with Gasteiger partial charge >= 0.3 is 0 Å². The van der Waals surface area contributed by atoms with Crippen molar-refractivity contribution in [3.05, 3.63) is 12.2 Å². The zero-order valence-electron chi connectivity index (χ0n) is 16.3. The van der Waals surface area contributed by atoms with Gasteiger partial charge in [-0.3, -0.25) is 9.59 Å². The highest BCUT2D eigenvalue weighted by atomic mass is 16.2. The smallest absolute Gasteiger partial charge is 0.225 e. The maximum absolute atomic E-state index is 12.7. The van der Waals surface area contributed by atoms with Gasteiger partial charge in [0.05, 0.1) is 6.04 Å². The van der Waals surface area contributed by atoms with Gasteiger partial charge in [0.2, 0.25) is 11.8 Å². The van der Waals surface area contributed by atoms with E-state index >= 15 is 0 Å². The van der Waals surface area contributed by atoms with Crippen molar-refractivity contribution >= 4 is 11.8 Å². The Balaban J connectivity index is 1.29. The quantitative estimate of drug-likeness (QED) is 0.860. The molecular weight excluding hydrogens is 342 g/mol. The summed E-state index contributed by atoms with van der Waals surface area (Å²) in [6, 6.07) is 0.324. The molecular formula is C20H31N5O2. The fourth-order valence-electron chi connectivity index (χ4n) is 4.70. The zero-order chi connectivity index (χ0) is 18.8. The van der Waals surface area contributed by atoms with Crippen molar-refractivity contribution < 1.29 is 9.59 Å². The number of piperidine rings is 1. The predicted octanol–water partition coefficient (Wildman–Crippen LogP) is 2.61. The molecule has 27 heavy (non-hydrogen) atoms. The third-order valence-corrected chi connectivity index (χ3v) is 6.70. The van der Waals surface area contributed by atoms with Crippen LogP contribution < -0.4 is 5.32 Å². The third kappa shape index (κ3) is 3.87. The van der Waals surface area contributed by atoms with E-state index in [9.17, 15) is 9.59 Å². The standard InChI is InChI=1S/C20H31N5O2/c1-14(18-23-21-13-25(18)17-7-2-3-8-17)22-19(26)15-9-11-24(12-10-15)20(27)16-5-4-6-16/h13-17H,2-12H2,1H3,(H,22,26)/t14-/m1/s1. The largest absolute Gasteiger partial charge is 0.346 e. The van der Waals surface area contributed by atoms with Gasteiger partial charge in [-0.15, -0.1) is 10.2 Å². The minimum atomic E-state index is -0.143. The normalized spacial score (nSPS) is 23.2. The molecule has 7 heteroatoms. The number of rotatable bonds is 5. The first-order valence-corrected chi connectivity index (χ1v) is 10.6. The Kier molecular flexibility index (Phi) is 5.45. The van der Waals surface area contributed by atoms with Gasteiger partial charge in [0.1, 0.15) is 6.33 Å². The molecule has 1 aromatic heterocycles. The molecule has 1 atom stereocenters. The van der Waals surface area contributed by atoms with E-state index in [1.165, 1.54) is 32.1 Å². The minimum Gasteiger partial charge on any atom is -0.346 e. The van der Waals surface area contributed by atoms with Crippen LogP contribution in [0.3, 0.4) is 0 Å². The fraction of sp³-hybridized carbons (Fsp3) is 0.800. The van der Waals surface area contributed by atoms with Crippen LogP contribution in [0.5, 0.6) is 0 Å². The van der Waals surface area contributed by atoms with Crippen LogP contribution in [-0.4, -0.2) is 44.6 Å². The maximum Gasteiger partial charge on any atom is 0.225 e. The fourth-order valence-corrected chi connectivity index (χ4v) is 4.70. The van der Waals surface area contributed by atoms with Crippen molar-refractivity contribution in [1.29, 1.82) is 0 Å². The van der Waals surface area contributed by atoms with E-state index in [4.69, 9.17) is 0 Å². The lowest BCUT2D eigenvalue weighted by atomic mass is 9.83. The Morgan fingerprint density at radius 3 is 2.37 bits per heavy atom.